The van der Waals surface area contributed by atoms with Crippen molar-refractivity contribution < 1.29 is 8.81 Å². The second kappa shape index (κ2) is 7.24. The summed E-state index contributed by atoms with van der Waals surface area (Å²) in [6.07, 6.45) is 0.769. The number of nitrogens with zero attached hydrogens (tertiary/aromatic N) is 2. The van der Waals surface area contributed by atoms with Gasteiger partial charge in [-0.3, -0.25) is 0 Å². The van der Waals surface area contributed by atoms with Gasteiger partial charge in [0.1, 0.15) is 5.82 Å². The third-order valence-electron chi connectivity index (χ3n) is 2.87. The van der Waals surface area contributed by atoms with E-state index in [0.717, 1.165) is 6.42 Å². The van der Waals surface area contributed by atoms with Gasteiger partial charge in [-0.25, -0.2) is 4.39 Å². The molecule has 0 aliphatic heterocycles. The standard InChI is InChI=1S/C14H17ClFN3OS/c1-8(2)6-12(17)13-18-19-14(20-13)21-7-9-10(15)4-3-5-11(9)16/h3-5,8,12H,6-7,17H2,1-2H3. The lowest BCUT2D eigenvalue weighted by atomic mass is 10.1. The van der Waals surface area contributed by atoms with E-state index in [1.165, 1.54) is 17.8 Å². The van der Waals surface area contributed by atoms with Gasteiger partial charge in [0, 0.05) is 16.3 Å². The molecule has 0 bridgehead atoms. The van der Waals surface area contributed by atoms with Crippen LogP contribution in [0, 0.1) is 11.7 Å². The smallest absolute Gasteiger partial charge is 0.276 e. The molecule has 114 valence electrons. The number of halogens is 2. The van der Waals surface area contributed by atoms with E-state index in [-0.39, 0.29) is 11.9 Å². The van der Waals surface area contributed by atoms with Gasteiger partial charge in [0.2, 0.25) is 5.89 Å². The topological polar surface area (TPSA) is 64.9 Å². The Morgan fingerprint density at radius 3 is 2.81 bits per heavy atom. The Balaban J connectivity index is 2.00. The lowest BCUT2D eigenvalue weighted by Gasteiger charge is -2.08. The number of hydrogen-bond acceptors (Lipinski definition) is 5. The molecule has 7 heteroatoms. The van der Waals surface area contributed by atoms with Crippen molar-refractivity contribution in [3.63, 3.8) is 0 Å². The van der Waals surface area contributed by atoms with Crippen LogP contribution >= 0.6 is 23.4 Å². The van der Waals surface area contributed by atoms with Crippen molar-refractivity contribution in [2.75, 3.05) is 0 Å². The van der Waals surface area contributed by atoms with Crippen molar-refractivity contribution in [1.82, 2.24) is 10.2 Å². The Bertz CT molecular complexity index is 585. The Labute approximate surface area is 132 Å². The van der Waals surface area contributed by atoms with E-state index >= 15 is 0 Å². The average Bonchev–Trinajstić information content (AvgIpc) is 2.86. The summed E-state index contributed by atoms with van der Waals surface area (Å²) < 4.78 is 19.1. The lowest BCUT2D eigenvalue weighted by molar-refractivity contribution is 0.361. The molecule has 0 saturated carbocycles. The number of nitrogens with two attached hydrogens (primary N) is 1. The highest BCUT2D eigenvalue weighted by Crippen LogP contribution is 2.29. The van der Waals surface area contributed by atoms with Crippen LogP contribution in [0.3, 0.4) is 0 Å². The maximum absolute atomic E-state index is 13.6. The zero-order valence-corrected chi connectivity index (χ0v) is 13.4. The zero-order valence-electron chi connectivity index (χ0n) is 11.8. The summed E-state index contributed by atoms with van der Waals surface area (Å²) in [5.41, 5.74) is 6.40. The van der Waals surface area contributed by atoms with Crippen molar-refractivity contribution in [3.05, 3.63) is 40.5 Å². The van der Waals surface area contributed by atoms with Gasteiger partial charge in [0.05, 0.1) is 6.04 Å². The number of aromatic nitrogens is 2. The van der Waals surface area contributed by atoms with Crippen LogP contribution in [-0.4, -0.2) is 10.2 Å². The molecule has 1 heterocycles. The first kappa shape index (κ1) is 16.3. The molecule has 0 fully saturated rings. The van der Waals surface area contributed by atoms with E-state index in [0.29, 0.717) is 33.4 Å². The quantitative estimate of drug-likeness (QED) is 0.804. The number of benzene rings is 1. The number of hydrogen-bond donors (Lipinski definition) is 1. The number of rotatable bonds is 6. The SMILES string of the molecule is CC(C)CC(N)c1nnc(SCc2c(F)cccc2Cl)o1. The molecule has 2 N–H and O–H groups in total. The van der Waals surface area contributed by atoms with Crippen LogP contribution in [0.1, 0.15) is 37.8 Å². The Morgan fingerprint density at radius 1 is 1.38 bits per heavy atom. The molecule has 1 aromatic heterocycles. The van der Waals surface area contributed by atoms with Crippen LogP contribution < -0.4 is 5.73 Å². The molecule has 0 aliphatic carbocycles. The van der Waals surface area contributed by atoms with E-state index in [9.17, 15) is 4.39 Å². The molecule has 2 aromatic rings. The fourth-order valence-electron chi connectivity index (χ4n) is 1.84. The molecule has 0 radical (unpaired) electrons. The normalized spacial score (nSPS) is 12.9. The summed E-state index contributed by atoms with van der Waals surface area (Å²) in [6.45, 7) is 4.15. The van der Waals surface area contributed by atoms with Gasteiger partial charge in [-0.05, 0) is 24.5 Å². The van der Waals surface area contributed by atoms with Crippen molar-refractivity contribution in [3.8, 4) is 0 Å². The van der Waals surface area contributed by atoms with Crippen molar-refractivity contribution in [2.24, 2.45) is 11.7 Å². The largest absolute Gasteiger partial charge is 0.414 e. The van der Waals surface area contributed by atoms with Crippen LogP contribution in [0.25, 0.3) is 0 Å². The summed E-state index contributed by atoms with van der Waals surface area (Å²) in [7, 11) is 0. The second-order valence-corrected chi connectivity index (χ2v) is 6.46. The minimum absolute atomic E-state index is 0.274. The van der Waals surface area contributed by atoms with E-state index in [1.807, 2.05) is 0 Å². The van der Waals surface area contributed by atoms with Crippen LogP contribution in [0.4, 0.5) is 4.39 Å². The monoisotopic (exact) mass is 329 g/mol. The summed E-state index contributed by atoms with van der Waals surface area (Å²) in [5, 5.41) is 8.61. The predicted octanol–water partition coefficient (Wildman–Crippen LogP) is 4.20. The third-order valence-corrected chi connectivity index (χ3v) is 4.07. The molecule has 0 saturated heterocycles. The van der Waals surface area contributed by atoms with E-state index in [1.54, 1.807) is 12.1 Å². The highest BCUT2D eigenvalue weighted by atomic mass is 35.5. The van der Waals surface area contributed by atoms with Gasteiger partial charge in [-0.1, -0.05) is 43.3 Å². The summed E-state index contributed by atoms with van der Waals surface area (Å²) >= 11 is 7.21. The maximum Gasteiger partial charge on any atom is 0.276 e. The lowest BCUT2D eigenvalue weighted by Crippen LogP contribution is -2.13. The third kappa shape index (κ3) is 4.43. The first-order valence-corrected chi connectivity index (χ1v) is 7.98. The molecule has 2 rings (SSSR count). The second-order valence-electron chi connectivity index (χ2n) is 5.13. The minimum atomic E-state index is -0.341. The Kier molecular flexibility index (Phi) is 5.61. The highest BCUT2D eigenvalue weighted by Gasteiger charge is 2.17. The van der Waals surface area contributed by atoms with Gasteiger partial charge < -0.3 is 10.2 Å². The van der Waals surface area contributed by atoms with E-state index < -0.39 is 0 Å². The van der Waals surface area contributed by atoms with Gasteiger partial charge >= 0.3 is 0 Å². The summed E-state index contributed by atoms with van der Waals surface area (Å²) in [5.74, 6) is 0.837. The maximum atomic E-state index is 13.6. The van der Waals surface area contributed by atoms with Crippen LogP contribution in [0.2, 0.25) is 5.02 Å². The average molecular weight is 330 g/mol. The van der Waals surface area contributed by atoms with Crippen molar-refractivity contribution in [2.45, 2.75) is 37.3 Å². The Hall–Kier alpha value is -1.11. The fraction of sp³-hybridized carbons (Fsp3) is 0.429. The first-order valence-electron chi connectivity index (χ1n) is 6.62. The Morgan fingerprint density at radius 2 is 2.14 bits per heavy atom. The minimum Gasteiger partial charge on any atom is -0.414 e. The molecule has 0 aliphatic rings. The molecule has 1 atom stereocenters. The van der Waals surface area contributed by atoms with Crippen molar-refractivity contribution in [1.29, 1.82) is 0 Å². The van der Waals surface area contributed by atoms with Crippen LogP contribution in [0.5, 0.6) is 0 Å². The molecule has 1 unspecified atom stereocenters. The summed E-state index contributed by atoms with van der Waals surface area (Å²) in [6, 6.07) is 4.32. The molecular formula is C14H17ClFN3OS. The van der Waals surface area contributed by atoms with Crippen LogP contribution in [0.15, 0.2) is 27.8 Å². The van der Waals surface area contributed by atoms with E-state index in [4.69, 9.17) is 21.8 Å². The molecule has 21 heavy (non-hydrogen) atoms. The van der Waals surface area contributed by atoms with Gasteiger partial charge in [-0.15, -0.1) is 10.2 Å². The molecule has 0 spiro atoms. The van der Waals surface area contributed by atoms with Crippen molar-refractivity contribution >= 4 is 23.4 Å². The zero-order chi connectivity index (χ0) is 15.4. The molecule has 0 amide bonds. The number of thioether (sulfide) groups is 1. The van der Waals surface area contributed by atoms with Gasteiger partial charge in [0.25, 0.3) is 5.22 Å². The first-order chi connectivity index (χ1) is 9.97. The molecule has 1 aromatic carbocycles. The molecule has 4 nitrogen and oxygen atoms in total. The summed E-state index contributed by atoms with van der Waals surface area (Å²) in [4.78, 5) is 0. The fourth-order valence-corrected chi connectivity index (χ4v) is 2.95. The van der Waals surface area contributed by atoms with E-state index in [2.05, 4.69) is 24.0 Å². The highest BCUT2D eigenvalue weighted by molar-refractivity contribution is 7.98. The van der Waals surface area contributed by atoms with Crippen LogP contribution in [-0.2, 0) is 5.75 Å². The van der Waals surface area contributed by atoms with Gasteiger partial charge in [0.15, 0.2) is 0 Å². The predicted molar refractivity (Wildman–Crippen MR) is 81.7 cm³/mol. The molecular weight excluding hydrogens is 313 g/mol. The van der Waals surface area contributed by atoms with Gasteiger partial charge in [-0.2, -0.15) is 0 Å².